The van der Waals surface area contributed by atoms with Crippen molar-refractivity contribution in [3.63, 3.8) is 0 Å². The molecule has 0 atom stereocenters. The first-order valence-electron chi connectivity index (χ1n) is 13.8. The average molecular weight is 566 g/mol. The Morgan fingerprint density at radius 1 is 0.905 bits per heavy atom. The van der Waals surface area contributed by atoms with E-state index >= 15 is 4.39 Å². The highest BCUT2D eigenvalue weighted by Crippen LogP contribution is 2.50. The Balaban J connectivity index is 1.41. The van der Waals surface area contributed by atoms with Gasteiger partial charge in [-0.2, -0.15) is 0 Å². The van der Waals surface area contributed by atoms with Crippen LogP contribution >= 0.6 is 0 Å². The van der Waals surface area contributed by atoms with Gasteiger partial charge in [0.15, 0.2) is 5.78 Å². The van der Waals surface area contributed by atoms with Crippen LogP contribution in [0.4, 0.5) is 8.78 Å². The molecule has 0 saturated heterocycles. The average Bonchev–Trinajstić information content (AvgIpc) is 3.64. The number of aryl methyl sites for hydroxylation is 3. The van der Waals surface area contributed by atoms with E-state index in [2.05, 4.69) is 15.3 Å². The summed E-state index contributed by atoms with van der Waals surface area (Å²) < 4.78 is 35.9. The molecule has 1 fully saturated rings. The monoisotopic (exact) mass is 565 g/mol. The Morgan fingerprint density at radius 3 is 2.24 bits per heavy atom. The number of carbonyl (C=O) groups is 2. The molecule has 2 heterocycles. The number of nitrogens with zero attached hydrogens (tertiary/aromatic N) is 2. The van der Waals surface area contributed by atoms with Crippen LogP contribution in [0.2, 0.25) is 0 Å². The van der Waals surface area contributed by atoms with Crippen molar-refractivity contribution in [3.8, 4) is 22.5 Å². The molecule has 1 amide bonds. The fourth-order valence-corrected chi connectivity index (χ4v) is 5.59. The molecule has 1 aliphatic carbocycles. The zero-order chi connectivity index (χ0) is 29.8. The molecule has 6 nitrogen and oxygen atoms in total. The zero-order valence-corrected chi connectivity index (χ0v) is 23.8. The molecule has 212 valence electrons. The second-order valence-electron chi connectivity index (χ2n) is 11.1. The van der Waals surface area contributed by atoms with Gasteiger partial charge in [-0.05, 0) is 93.3 Å². The van der Waals surface area contributed by atoms with Crippen LogP contribution in [0.3, 0.4) is 0 Å². The predicted octanol–water partition coefficient (Wildman–Crippen LogP) is 7.42. The van der Waals surface area contributed by atoms with Gasteiger partial charge in [-0.3, -0.25) is 9.59 Å². The Morgan fingerprint density at radius 2 is 1.60 bits per heavy atom. The Labute approximate surface area is 241 Å². The number of Topliss-reactive ketones (excluding diaryl/α,β-unsaturated/α-hetero) is 1. The summed E-state index contributed by atoms with van der Waals surface area (Å²) in [4.78, 5) is 35.8. The van der Waals surface area contributed by atoms with Crippen LogP contribution < -0.4 is 5.32 Å². The number of hydrogen-bond donors (Lipinski definition) is 1. The summed E-state index contributed by atoms with van der Waals surface area (Å²) >= 11 is 0. The van der Waals surface area contributed by atoms with E-state index in [0.29, 0.717) is 22.5 Å². The lowest BCUT2D eigenvalue weighted by molar-refractivity contribution is 0.0958. The SMILES string of the molecule is CNC(=O)c1c(-c2ccc(F)cc2)oc2ccc(-c3cc(C(=O)CC4(c5nc(C)cc(C)n5)CC4)ccc3C)c(F)c12. The number of ketones is 1. The Hall–Kier alpha value is -4.72. The van der Waals surface area contributed by atoms with Crippen molar-refractivity contribution < 1.29 is 22.8 Å². The van der Waals surface area contributed by atoms with Gasteiger partial charge in [0.2, 0.25) is 0 Å². The number of furan rings is 1. The number of fused-ring (bicyclic) bond motifs is 1. The number of rotatable bonds is 7. The van der Waals surface area contributed by atoms with Crippen LogP contribution in [0.25, 0.3) is 33.4 Å². The fourth-order valence-electron chi connectivity index (χ4n) is 5.59. The largest absolute Gasteiger partial charge is 0.455 e. The van der Waals surface area contributed by atoms with E-state index in [4.69, 9.17) is 4.42 Å². The van der Waals surface area contributed by atoms with Crippen LogP contribution in [0.5, 0.6) is 0 Å². The molecule has 42 heavy (non-hydrogen) atoms. The molecule has 8 heteroatoms. The van der Waals surface area contributed by atoms with Crippen LogP contribution in [-0.4, -0.2) is 28.7 Å². The van der Waals surface area contributed by atoms with Crippen molar-refractivity contribution in [1.29, 1.82) is 0 Å². The minimum atomic E-state index is -0.641. The quantitative estimate of drug-likeness (QED) is 0.208. The predicted molar refractivity (Wildman–Crippen MR) is 156 cm³/mol. The van der Waals surface area contributed by atoms with Gasteiger partial charge >= 0.3 is 0 Å². The molecule has 1 saturated carbocycles. The molecule has 6 rings (SSSR count). The number of hydrogen-bond acceptors (Lipinski definition) is 5. The summed E-state index contributed by atoms with van der Waals surface area (Å²) in [5.74, 6) is -0.832. The van der Waals surface area contributed by atoms with Gasteiger partial charge in [-0.25, -0.2) is 18.7 Å². The van der Waals surface area contributed by atoms with Gasteiger partial charge in [0, 0.05) is 47.0 Å². The van der Waals surface area contributed by atoms with Crippen molar-refractivity contribution in [3.05, 3.63) is 106 Å². The van der Waals surface area contributed by atoms with Gasteiger partial charge in [0.25, 0.3) is 5.91 Å². The second kappa shape index (κ2) is 10.3. The maximum absolute atomic E-state index is 16.4. The minimum absolute atomic E-state index is 0.0196. The van der Waals surface area contributed by atoms with Crippen LogP contribution in [0.15, 0.2) is 65.1 Å². The molecule has 2 aromatic heterocycles. The molecule has 3 aromatic carbocycles. The molecular formula is C34H29F2N3O3. The first-order valence-corrected chi connectivity index (χ1v) is 13.8. The molecule has 0 spiro atoms. The van der Waals surface area contributed by atoms with Gasteiger partial charge in [-0.1, -0.05) is 12.1 Å². The highest BCUT2D eigenvalue weighted by molar-refractivity contribution is 6.12. The number of carbonyl (C=O) groups excluding carboxylic acids is 2. The smallest absolute Gasteiger partial charge is 0.255 e. The molecule has 1 aliphatic rings. The lowest BCUT2D eigenvalue weighted by Crippen LogP contribution is -2.18. The van der Waals surface area contributed by atoms with Crippen molar-refractivity contribution in [1.82, 2.24) is 15.3 Å². The van der Waals surface area contributed by atoms with Gasteiger partial charge in [0.05, 0.1) is 10.9 Å². The first-order chi connectivity index (χ1) is 20.1. The minimum Gasteiger partial charge on any atom is -0.455 e. The molecule has 5 aromatic rings. The molecule has 0 radical (unpaired) electrons. The lowest BCUT2D eigenvalue weighted by Gasteiger charge is -2.15. The van der Waals surface area contributed by atoms with Crippen molar-refractivity contribution in [2.45, 2.75) is 45.4 Å². The molecule has 0 aliphatic heterocycles. The summed E-state index contributed by atoms with van der Waals surface area (Å²) in [6, 6.07) is 15.8. The summed E-state index contributed by atoms with van der Waals surface area (Å²) in [5.41, 5.74) is 4.04. The van der Waals surface area contributed by atoms with Crippen molar-refractivity contribution in [2.24, 2.45) is 0 Å². The third-order valence-corrected chi connectivity index (χ3v) is 8.01. The second-order valence-corrected chi connectivity index (χ2v) is 11.1. The molecular weight excluding hydrogens is 536 g/mol. The maximum Gasteiger partial charge on any atom is 0.255 e. The van der Waals surface area contributed by atoms with E-state index in [1.165, 1.54) is 31.3 Å². The highest BCUT2D eigenvalue weighted by atomic mass is 19.1. The maximum atomic E-state index is 16.4. The van der Waals surface area contributed by atoms with E-state index in [0.717, 1.165) is 29.8 Å². The molecule has 1 N–H and O–H groups in total. The third-order valence-electron chi connectivity index (χ3n) is 8.01. The normalized spacial score (nSPS) is 13.8. The van der Waals surface area contributed by atoms with E-state index in [1.807, 2.05) is 26.8 Å². The number of nitrogens with one attached hydrogen (secondary N) is 1. The highest BCUT2D eigenvalue weighted by Gasteiger charge is 2.48. The topological polar surface area (TPSA) is 85.1 Å². The van der Waals surface area contributed by atoms with Crippen LogP contribution in [-0.2, 0) is 5.41 Å². The summed E-state index contributed by atoms with van der Waals surface area (Å²) in [6.07, 6.45) is 1.94. The fraction of sp³-hybridized carbons (Fsp3) is 0.235. The Bertz CT molecular complexity index is 1870. The van der Waals surface area contributed by atoms with Crippen LogP contribution in [0, 0.1) is 32.4 Å². The van der Waals surface area contributed by atoms with Gasteiger partial charge in [0.1, 0.15) is 28.8 Å². The number of benzene rings is 3. The molecule has 0 bridgehead atoms. The first kappa shape index (κ1) is 27.4. The van der Waals surface area contributed by atoms with E-state index in [1.54, 1.807) is 30.3 Å². The standard InChI is InChI=1S/C34H29F2N3O3/c1-18-5-6-22(26(40)17-34(13-14-34)33-38-19(2)15-20(3)39-33)16-25(18)24-11-12-27-28(30(24)36)29(32(41)37-4)31(42-27)21-7-9-23(35)10-8-21/h5-12,15-16H,13-14,17H2,1-4H3,(H,37,41). The van der Waals surface area contributed by atoms with E-state index in [9.17, 15) is 14.0 Å². The van der Waals surface area contributed by atoms with Crippen LogP contribution in [0.1, 0.15) is 62.8 Å². The van der Waals surface area contributed by atoms with E-state index < -0.39 is 17.5 Å². The molecule has 0 unspecified atom stereocenters. The summed E-state index contributed by atoms with van der Waals surface area (Å²) in [7, 11) is 1.45. The number of aromatic nitrogens is 2. The zero-order valence-electron chi connectivity index (χ0n) is 23.8. The van der Waals surface area contributed by atoms with Crippen molar-refractivity contribution >= 4 is 22.7 Å². The third kappa shape index (κ3) is 4.76. The summed E-state index contributed by atoms with van der Waals surface area (Å²) in [5, 5.41) is 2.58. The van der Waals surface area contributed by atoms with E-state index in [-0.39, 0.29) is 45.5 Å². The summed E-state index contributed by atoms with van der Waals surface area (Å²) in [6.45, 7) is 5.69. The lowest BCUT2D eigenvalue weighted by atomic mass is 9.90. The van der Waals surface area contributed by atoms with Crippen molar-refractivity contribution in [2.75, 3.05) is 7.05 Å². The number of halogens is 2. The van der Waals surface area contributed by atoms with Gasteiger partial charge < -0.3 is 9.73 Å². The Kier molecular flexibility index (Phi) is 6.72. The van der Waals surface area contributed by atoms with Gasteiger partial charge in [-0.15, -0.1) is 0 Å². The number of amides is 1.